The van der Waals surface area contributed by atoms with Crippen LogP contribution in [-0.2, 0) is 0 Å². The molecule has 1 aliphatic rings. The molecule has 24 heavy (non-hydrogen) atoms. The van der Waals surface area contributed by atoms with E-state index in [9.17, 15) is 23.7 Å². The van der Waals surface area contributed by atoms with Gasteiger partial charge in [-0.2, -0.15) is 0 Å². The first-order valence-electron chi connectivity index (χ1n) is 7.09. The molecule has 0 radical (unpaired) electrons. The number of carbonyl (C=O) groups excluding carboxylic acids is 1. The number of halogens is 2. The van der Waals surface area contributed by atoms with Gasteiger partial charge in [0, 0.05) is 41.6 Å². The molecule has 0 spiro atoms. The number of carbonyl (C=O) groups is 1. The number of benzene rings is 2. The minimum atomic E-state index is -0.716. The Balaban J connectivity index is 1.91. The van der Waals surface area contributed by atoms with Gasteiger partial charge in [-0.25, -0.2) is 8.78 Å². The Hall–Kier alpha value is -2.48. The van der Waals surface area contributed by atoms with Crippen LogP contribution in [0.1, 0.15) is 21.3 Å². The number of nitro benzene ring substituents is 1. The number of hydrogen-bond donors (Lipinski definition) is 0. The molecule has 0 aliphatic carbocycles. The van der Waals surface area contributed by atoms with Gasteiger partial charge in [-0.3, -0.25) is 14.9 Å². The van der Waals surface area contributed by atoms with E-state index in [2.05, 4.69) is 0 Å². The predicted octanol–water partition coefficient (Wildman–Crippen LogP) is 3.76. The van der Waals surface area contributed by atoms with Crippen LogP contribution in [0.4, 0.5) is 14.5 Å². The van der Waals surface area contributed by atoms with E-state index in [1.165, 1.54) is 47.0 Å². The maximum atomic E-state index is 14.0. The molecule has 1 aliphatic heterocycles. The van der Waals surface area contributed by atoms with Gasteiger partial charge < -0.3 is 4.90 Å². The quantitative estimate of drug-likeness (QED) is 0.625. The van der Waals surface area contributed by atoms with Gasteiger partial charge >= 0.3 is 0 Å². The third kappa shape index (κ3) is 3.09. The van der Waals surface area contributed by atoms with E-state index in [-0.39, 0.29) is 16.8 Å². The molecular formula is C16H12F2N2O3S. The van der Waals surface area contributed by atoms with Gasteiger partial charge in [0.15, 0.2) is 0 Å². The van der Waals surface area contributed by atoms with Gasteiger partial charge in [-0.05, 0) is 12.1 Å². The maximum Gasteiger partial charge on any atom is 0.270 e. The van der Waals surface area contributed by atoms with Crippen molar-refractivity contribution in [3.05, 3.63) is 75.3 Å². The molecule has 0 aromatic heterocycles. The zero-order valence-electron chi connectivity index (χ0n) is 12.3. The molecule has 0 N–H and O–H groups in total. The molecule has 1 unspecified atom stereocenters. The van der Waals surface area contributed by atoms with E-state index in [4.69, 9.17) is 0 Å². The van der Waals surface area contributed by atoms with Crippen LogP contribution in [0, 0.1) is 21.7 Å². The molecular weight excluding hydrogens is 338 g/mol. The third-order valence-electron chi connectivity index (χ3n) is 3.68. The summed E-state index contributed by atoms with van der Waals surface area (Å²) in [6.45, 7) is 0.383. The fraction of sp³-hybridized carbons (Fsp3) is 0.188. The van der Waals surface area contributed by atoms with Crippen molar-refractivity contribution in [2.75, 3.05) is 12.3 Å². The van der Waals surface area contributed by atoms with E-state index in [1.54, 1.807) is 0 Å². The molecule has 1 atom stereocenters. The van der Waals surface area contributed by atoms with Crippen molar-refractivity contribution in [2.45, 2.75) is 5.37 Å². The minimum Gasteiger partial charge on any atom is -0.322 e. The van der Waals surface area contributed by atoms with Gasteiger partial charge in [0.05, 0.1) is 4.92 Å². The molecule has 1 saturated heterocycles. The summed E-state index contributed by atoms with van der Waals surface area (Å²) in [5, 5.41) is 10.3. The lowest BCUT2D eigenvalue weighted by molar-refractivity contribution is -0.384. The zero-order valence-corrected chi connectivity index (χ0v) is 13.1. The molecule has 0 bridgehead atoms. The first-order valence-corrected chi connectivity index (χ1v) is 8.14. The lowest BCUT2D eigenvalue weighted by Gasteiger charge is -2.24. The highest BCUT2D eigenvalue weighted by Gasteiger charge is 2.33. The highest BCUT2D eigenvalue weighted by atomic mass is 32.2. The molecule has 1 amide bonds. The molecule has 3 rings (SSSR count). The number of non-ortho nitro benzene ring substituents is 1. The minimum absolute atomic E-state index is 0.166. The number of nitrogens with zero attached hydrogens (tertiary/aromatic N) is 2. The van der Waals surface area contributed by atoms with Crippen LogP contribution in [0.2, 0.25) is 0 Å². The summed E-state index contributed by atoms with van der Waals surface area (Å²) in [6, 6.07) is 8.66. The fourth-order valence-electron chi connectivity index (χ4n) is 2.56. The Morgan fingerprint density at radius 3 is 2.75 bits per heavy atom. The second kappa shape index (κ2) is 6.56. The standard InChI is InChI=1S/C16H12F2N2O3S/c17-11-4-5-13(14(18)9-11)16-19(6-7-24-16)15(21)10-2-1-3-12(8-10)20(22)23/h1-5,8-9,16H,6-7H2. The van der Waals surface area contributed by atoms with Crippen molar-refractivity contribution in [1.82, 2.24) is 4.90 Å². The summed E-state index contributed by atoms with van der Waals surface area (Å²) in [6.07, 6.45) is 0. The van der Waals surface area contributed by atoms with Crippen molar-refractivity contribution in [3.63, 3.8) is 0 Å². The summed E-state index contributed by atoms with van der Waals surface area (Å²) in [5.74, 6) is -1.22. The van der Waals surface area contributed by atoms with Crippen LogP contribution >= 0.6 is 11.8 Å². The molecule has 2 aromatic rings. The summed E-state index contributed by atoms with van der Waals surface area (Å²) in [4.78, 5) is 24.4. The monoisotopic (exact) mass is 350 g/mol. The number of amides is 1. The Kier molecular flexibility index (Phi) is 4.48. The van der Waals surface area contributed by atoms with Gasteiger partial charge in [0.25, 0.3) is 11.6 Å². The Morgan fingerprint density at radius 1 is 1.25 bits per heavy atom. The molecule has 1 fully saturated rings. The van der Waals surface area contributed by atoms with Gasteiger partial charge in [-0.1, -0.05) is 12.1 Å². The van der Waals surface area contributed by atoms with Gasteiger partial charge in [0.2, 0.25) is 0 Å². The predicted molar refractivity (Wildman–Crippen MR) is 85.7 cm³/mol. The van der Waals surface area contributed by atoms with E-state index >= 15 is 0 Å². The molecule has 0 saturated carbocycles. The van der Waals surface area contributed by atoms with Crippen LogP contribution in [0.3, 0.4) is 0 Å². The van der Waals surface area contributed by atoms with Gasteiger partial charge in [-0.15, -0.1) is 11.8 Å². The second-order valence-corrected chi connectivity index (χ2v) is 6.38. The molecule has 124 valence electrons. The summed E-state index contributed by atoms with van der Waals surface area (Å²) in [5.41, 5.74) is 0.203. The lowest BCUT2D eigenvalue weighted by atomic mass is 10.1. The molecule has 2 aromatic carbocycles. The fourth-order valence-corrected chi connectivity index (χ4v) is 3.83. The van der Waals surface area contributed by atoms with E-state index in [1.807, 2.05) is 0 Å². The smallest absolute Gasteiger partial charge is 0.270 e. The van der Waals surface area contributed by atoms with Crippen LogP contribution < -0.4 is 0 Å². The van der Waals surface area contributed by atoms with Crippen LogP contribution in [0.5, 0.6) is 0 Å². The highest BCUT2D eigenvalue weighted by molar-refractivity contribution is 7.99. The number of nitro groups is 1. The van der Waals surface area contributed by atoms with Crippen LogP contribution in [0.15, 0.2) is 42.5 Å². The topological polar surface area (TPSA) is 63.4 Å². The van der Waals surface area contributed by atoms with E-state index in [0.29, 0.717) is 12.3 Å². The molecule has 5 nitrogen and oxygen atoms in total. The van der Waals surface area contributed by atoms with Crippen LogP contribution in [0.25, 0.3) is 0 Å². The lowest BCUT2D eigenvalue weighted by Crippen LogP contribution is -2.30. The molecule has 1 heterocycles. The summed E-state index contributed by atoms with van der Waals surface area (Å²) < 4.78 is 27.1. The van der Waals surface area contributed by atoms with Crippen molar-refractivity contribution in [1.29, 1.82) is 0 Å². The van der Waals surface area contributed by atoms with Crippen molar-refractivity contribution >= 4 is 23.4 Å². The molecule has 8 heteroatoms. The highest BCUT2D eigenvalue weighted by Crippen LogP contribution is 2.40. The Bertz CT molecular complexity index is 816. The SMILES string of the molecule is O=C(c1cccc([N+](=O)[O-])c1)N1CCSC1c1ccc(F)cc1F. The Labute approximate surface area is 140 Å². The summed E-state index contributed by atoms with van der Waals surface area (Å²) >= 11 is 1.37. The van der Waals surface area contributed by atoms with Crippen molar-refractivity contribution < 1.29 is 18.5 Å². The number of rotatable bonds is 3. The van der Waals surface area contributed by atoms with Crippen LogP contribution in [-0.4, -0.2) is 28.0 Å². The summed E-state index contributed by atoms with van der Waals surface area (Å²) in [7, 11) is 0. The first-order chi connectivity index (χ1) is 11.5. The average Bonchev–Trinajstić information content (AvgIpc) is 3.03. The second-order valence-electron chi connectivity index (χ2n) is 5.19. The van der Waals surface area contributed by atoms with Crippen molar-refractivity contribution in [3.8, 4) is 0 Å². The maximum absolute atomic E-state index is 14.0. The third-order valence-corrected chi connectivity index (χ3v) is 4.93. The Morgan fingerprint density at radius 2 is 2.04 bits per heavy atom. The average molecular weight is 350 g/mol. The normalized spacial score (nSPS) is 17.1. The zero-order chi connectivity index (χ0) is 17.3. The first kappa shape index (κ1) is 16.4. The van der Waals surface area contributed by atoms with Crippen molar-refractivity contribution in [2.24, 2.45) is 0 Å². The largest absolute Gasteiger partial charge is 0.322 e. The number of hydrogen-bond acceptors (Lipinski definition) is 4. The van der Waals surface area contributed by atoms with E-state index < -0.39 is 27.8 Å². The van der Waals surface area contributed by atoms with E-state index in [0.717, 1.165) is 12.1 Å². The number of thioether (sulfide) groups is 1. The van der Waals surface area contributed by atoms with Gasteiger partial charge in [0.1, 0.15) is 17.0 Å².